The lowest BCUT2D eigenvalue weighted by Gasteiger charge is -2.10. The lowest BCUT2D eigenvalue weighted by atomic mass is 10.2. The molecule has 0 heterocycles. The molecule has 21 heavy (non-hydrogen) atoms. The van der Waals surface area contributed by atoms with Crippen LogP contribution in [0.2, 0.25) is 0 Å². The van der Waals surface area contributed by atoms with Crippen LogP contribution in [0.4, 0.5) is 18.9 Å². The summed E-state index contributed by atoms with van der Waals surface area (Å²) in [7, 11) is -4.05. The molecule has 8 heteroatoms. The molecule has 0 radical (unpaired) electrons. The molecular formula is C13H11F3N2O2S. The van der Waals surface area contributed by atoms with Crippen LogP contribution in [0.1, 0.15) is 5.56 Å². The number of anilines is 1. The fourth-order valence-corrected chi connectivity index (χ4v) is 2.75. The quantitative estimate of drug-likeness (QED) is 0.909. The summed E-state index contributed by atoms with van der Waals surface area (Å²) in [5.74, 6) is -2.90. The molecule has 2 aromatic rings. The monoisotopic (exact) mass is 316 g/mol. The summed E-state index contributed by atoms with van der Waals surface area (Å²) in [6, 6.07) is 5.68. The summed E-state index contributed by atoms with van der Waals surface area (Å²) in [5, 5.41) is 0. The standard InChI is InChI=1S/C13H11F3N2O2S/c14-11-4-2-10(5-8(11)7-17)21(19,20)18-9-1-3-12(15)13(16)6-9/h1-6,18H,7,17H2. The number of nitrogens with two attached hydrogens (primary N) is 1. The Morgan fingerprint density at radius 2 is 1.62 bits per heavy atom. The average molecular weight is 316 g/mol. The van der Waals surface area contributed by atoms with Crippen LogP contribution >= 0.6 is 0 Å². The second kappa shape index (κ2) is 5.74. The van der Waals surface area contributed by atoms with Crippen molar-refractivity contribution in [2.45, 2.75) is 11.4 Å². The molecule has 4 nitrogen and oxygen atoms in total. The van der Waals surface area contributed by atoms with Crippen molar-refractivity contribution in [3.8, 4) is 0 Å². The third-order valence-electron chi connectivity index (χ3n) is 2.72. The number of benzene rings is 2. The van der Waals surface area contributed by atoms with Crippen LogP contribution in [0.5, 0.6) is 0 Å². The minimum absolute atomic E-state index is 0.0307. The first-order chi connectivity index (χ1) is 9.83. The maximum Gasteiger partial charge on any atom is 0.261 e. The Hall–Kier alpha value is -2.06. The number of hydrogen-bond acceptors (Lipinski definition) is 3. The van der Waals surface area contributed by atoms with Gasteiger partial charge in [-0.25, -0.2) is 21.6 Å². The molecule has 0 aliphatic carbocycles. The predicted molar refractivity (Wildman–Crippen MR) is 71.5 cm³/mol. The van der Waals surface area contributed by atoms with Gasteiger partial charge in [-0.15, -0.1) is 0 Å². The third-order valence-corrected chi connectivity index (χ3v) is 4.10. The van der Waals surface area contributed by atoms with Crippen LogP contribution in [0, 0.1) is 17.5 Å². The van der Waals surface area contributed by atoms with Crippen molar-refractivity contribution in [2.24, 2.45) is 5.73 Å². The summed E-state index contributed by atoms with van der Waals surface area (Å²) < 4.78 is 65.4. The van der Waals surface area contributed by atoms with Crippen molar-refractivity contribution in [3.63, 3.8) is 0 Å². The first kappa shape index (κ1) is 15.3. The maximum atomic E-state index is 13.3. The van der Waals surface area contributed by atoms with E-state index in [0.717, 1.165) is 30.3 Å². The van der Waals surface area contributed by atoms with Crippen LogP contribution in [0.3, 0.4) is 0 Å². The molecule has 0 unspecified atom stereocenters. The van der Waals surface area contributed by atoms with Crippen molar-refractivity contribution in [2.75, 3.05) is 4.72 Å². The van der Waals surface area contributed by atoms with E-state index < -0.39 is 27.5 Å². The van der Waals surface area contributed by atoms with E-state index in [1.54, 1.807) is 0 Å². The van der Waals surface area contributed by atoms with Crippen LogP contribution in [0.25, 0.3) is 0 Å². The highest BCUT2D eigenvalue weighted by Gasteiger charge is 2.17. The zero-order chi connectivity index (χ0) is 15.6. The molecular weight excluding hydrogens is 305 g/mol. The SMILES string of the molecule is NCc1cc(S(=O)(=O)Nc2ccc(F)c(F)c2)ccc1F. The second-order valence-electron chi connectivity index (χ2n) is 4.19. The lowest BCUT2D eigenvalue weighted by Crippen LogP contribution is -2.14. The van der Waals surface area contributed by atoms with Gasteiger partial charge in [0.1, 0.15) is 5.82 Å². The fraction of sp³-hybridized carbons (Fsp3) is 0.0769. The van der Waals surface area contributed by atoms with Gasteiger partial charge in [0.25, 0.3) is 10.0 Å². The number of halogens is 3. The molecule has 0 saturated carbocycles. The summed E-state index contributed by atoms with van der Waals surface area (Å²) in [6.45, 7) is -0.166. The van der Waals surface area contributed by atoms with Gasteiger partial charge in [0.2, 0.25) is 0 Å². The Bertz CT molecular complexity index is 779. The first-order valence-electron chi connectivity index (χ1n) is 5.80. The highest BCUT2D eigenvalue weighted by Crippen LogP contribution is 2.20. The molecule has 2 aromatic carbocycles. The Kier molecular flexibility index (Phi) is 4.19. The van der Waals surface area contributed by atoms with E-state index in [9.17, 15) is 21.6 Å². The molecule has 0 bridgehead atoms. The molecule has 112 valence electrons. The van der Waals surface area contributed by atoms with Gasteiger partial charge >= 0.3 is 0 Å². The van der Waals surface area contributed by atoms with Crippen molar-refractivity contribution in [3.05, 3.63) is 59.4 Å². The third kappa shape index (κ3) is 3.34. The van der Waals surface area contributed by atoms with Crippen molar-refractivity contribution < 1.29 is 21.6 Å². The zero-order valence-corrected chi connectivity index (χ0v) is 11.4. The fourth-order valence-electron chi connectivity index (χ4n) is 1.65. The molecule has 0 aliphatic heterocycles. The summed E-state index contributed by atoms with van der Waals surface area (Å²) in [5.41, 5.74) is 5.19. The smallest absolute Gasteiger partial charge is 0.261 e. The highest BCUT2D eigenvalue weighted by molar-refractivity contribution is 7.92. The van der Waals surface area contributed by atoms with Gasteiger partial charge in [0, 0.05) is 18.2 Å². The molecule has 0 amide bonds. The van der Waals surface area contributed by atoms with E-state index in [2.05, 4.69) is 4.72 Å². The molecule has 3 N–H and O–H groups in total. The average Bonchev–Trinajstić information content (AvgIpc) is 2.43. The van der Waals surface area contributed by atoms with E-state index in [0.29, 0.717) is 6.07 Å². The van der Waals surface area contributed by atoms with Crippen LogP contribution < -0.4 is 10.5 Å². The van der Waals surface area contributed by atoms with Crippen LogP contribution in [0.15, 0.2) is 41.3 Å². The topological polar surface area (TPSA) is 72.2 Å². The summed E-state index contributed by atoms with van der Waals surface area (Å²) in [6.07, 6.45) is 0. The van der Waals surface area contributed by atoms with Crippen LogP contribution in [-0.4, -0.2) is 8.42 Å². The van der Waals surface area contributed by atoms with Crippen molar-refractivity contribution >= 4 is 15.7 Å². The zero-order valence-electron chi connectivity index (χ0n) is 10.6. The number of sulfonamides is 1. The lowest BCUT2D eigenvalue weighted by molar-refractivity contribution is 0.509. The molecule has 0 fully saturated rings. The largest absolute Gasteiger partial charge is 0.326 e. The van der Waals surface area contributed by atoms with Gasteiger partial charge in [0.05, 0.1) is 10.6 Å². The Labute approximate surface area is 119 Å². The van der Waals surface area contributed by atoms with Gasteiger partial charge in [0.15, 0.2) is 11.6 Å². The van der Waals surface area contributed by atoms with E-state index in [1.807, 2.05) is 0 Å². The van der Waals surface area contributed by atoms with E-state index >= 15 is 0 Å². The molecule has 0 spiro atoms. The minimum atomic E-state index is -4.05. The maximum absolute atomic E-state index is 13.3. The Morgan fingerprint density at radius 3 is 2.24 bits per heavy atom. The first-order valence-corrected chi connectivity index (χ1v) is 7.28. The molecule has 0 atom stereocenters. The van der Waals surface area contributed by atoms with E-state index in [1.165, 1.54) is 0 Å². The second-order valence-corrected chi connectivity index (χ2v) is 5.87. The van der Waals surface area contributed by atoms with Gasteiger partial charge < -0.3 is 5.73 Å². The van der Waals surface area contributed by atoms with Crippen molar-refractivity contribution in [1.29, 1.82) is 0 Å². The number of rotatable bonds is 4. The summed E-state index contributed by atoms with van der Waals surface area (Å²) in [4.78, 5) is -0.228. The normalized spacial score (nSPS) is 11.4. The van der Waals surface area contributed by atoms with E-state index in [4.69, 9.17) is 5.73 Å². The van der Waals surface area contributed by atoms with Gasteiger partial charge in [-0.1, -0.05) is 0 Å². The van der Waals surface area contributed by atoms with Gasteiger partial charge in [-0.2, -0.15) is 0 Å². The number of hydrogen-bond donors (Lipinski definition) is 2. The van der Waals surface area contributed by atoms with E-state index in [-0.39, 0.29) is 22.7 Å². The number of nitrogens with one attached hydrogen (secondary N) is 1. The highest BCUT2D eigenvalue weighted by atomic mass is 32.2. The summed E-state index contributed by atoms with van der Waals surface area (Å²) >= 11 is 0. The Morgan fingerprint density at radius 1 is 0.952 bits per heavy atom. The minimum Gasteiger partial charge on any atom is -0.326 e. The molecule has 2 rings (SSSR count). The van der Waals surface area contributed by atoms with Gasteiger partial charge in [-0.05, 0) is 30.3 Å². The predicted octanol–water partition coefficient (Wildman–Crippen LogP) is 2.36. The molecule has 0 aromatic heterocycles. The van der Waals surface area contributed by atoms with Gasteiger partial charge in [-0.3, -0.25) is 4.72 Å². The Balaban J connectivity index is 2.35. The molecule has 0 aliphatic rings. The van der Waals surface area contributed by atoms with Crippen LogP contribution in [-0.2, 0) is 16.6 Å². The van der Waals surface area contributed by atoms with Crippen molar-refractivity contribution in [1.82, 2.24) is 0 Å². The molecule has 0 saturated heterocycles.